The highest BCUT2D eigenvalue weighted by Gasteiger charge is 2.32. The zero-order valence-corrected chi connectivity index (χ0v) is 22.3. The Morgan fingerprint density at radius 2 is 1.74 bits per heavy atom. The number of sulfonamides is 1. The van der Waals surface area contributed by atoms with Gasteiger partial charge in [-0.05, 0) is 48.6 Å². The van der Waals surface area contributed by atoms with Crippen LogP contribution in [-0.4, -0.2) is 57.6 Å². The number of ether oxygens (including phenoxy) is 1. The van der Waals surface area contributed by atoms with Crippen molar-refractivity contribution in [2.24, 2.45) is 0 Å². The van der Waals surface area contributed by atoms with Crippen molar-refractivity contribution in [1.29, 1.82) is 0 Å². The zero-order valence-electron chi connectivity index (χ0n) is 21.4. The monoisotopic (exact) mass is 503 g/mol. The predicted molar refractivity (Wildman–Crippen MR) is 139 cm³/mol. The summed E-state index contributed by atoms with van der Waals surface area (Å²) in [7, 11) is -2.23. The molecule has 2 rings (SSSR count). The zero-order chi connectivity index (χ0) is 26.2. The largest absolute Gasteiger partial charge is 0.497 e. The van der Waals surface area contributed by atoms with E-state index in [-0.39, 0.29) is 18.4 Å². The number of carbonyl (C=O) groups excluding carboxylic acids is 2. The number of nitrogens with one attached hydrogen (secondary N) is 1. The molecule has 0 aliphatic heterocycles. The lowest BCUT2D eigenvalue weighted by atomic mass is 10.0. The molecule has 0 aromatic heterocycles. The third kappa shape index (κ3) is 7.45. The number of hydrogen-bond donors (Lipinski definition) is 1. The van der Waals surface area contributed by atoms with E-state index in [1.807, 2.05) is 52.0 Å². The van der Waals surface area contributed by atoms with Gasteiger partial charge in [-0.15, -0.1) is 0 Å². The normalized spacial score (nSPS) is 12.2. The average molecular weight is 504 g/mol. The molecule has 0 aliphatic rings. The number of amides is 2. The quantitative estimate of drug-likeness (QED) is 0.478. The molecule has 2 amide bonds. The first-order valence-corrected chi connectivity index (χ1v) is 13.6. The van der Waals surface area contributed by atoms with Crippen molar-refractivity contribution >= 4 is 27.5 Å². The lowest BCUT2D eigenvalue weighted by Gasteiger charge is -2.33. The summed E-state index contributed by atoms with van der Waals surface area (Å²) in [6.45, 7) is 7.73. The number of rotatable bonds is 12. The lowest BCUT2D eigenvalue weighted by molar-refractivity contribution is -0.140. The molecule has 0 spiro atoms. The van der Waals surface area contributed by atoms with Crippen molar-refractivity contribution in [2.45, 2.75) is 52.6 Å². The predicted octanol–water partition coefficient (Wildman–Crippen LogP) is 3.53. The molecule has 1 N–H and O–H groups in total. The van der Waals surface area contributed by atoms with E-state index < -0.39 is 28.5 Å². The smallest absolute Gasteiger partial charge is 0.244 e. The number of carbonyl (C=O) groups is 2. The van der Waals surface area contributed by atoms with Crippen LogP contribution in [-0.2, 0) is 26.2 Å². The second-order valence-corrected chi connectivity index (χ2v) is 10.6. The topological polar surface area (TPSA) is 96.0 Å². The summed E-state index contributed by atoms with van der Waals surface area (Å²) in [5.74, 6) is -0.0589. The molecule has 2 aromatic carbocycles. The Morgan fingerprint density at radius 1 is 1.06 bits per heavy atom. The lowest BCUT2D eigenvalue weighted by Crippen LogP contribution is -2.52. The fourth-order valence-corrected chi connectivity index (χ4v) is 4.85. The number of hydrogen-bond acceptors (Lipinski definition) is 5. The maximum absolute atomic E-state index is 13.7. The highest BCUT2D eigenvalue weighted by Crippen LogP contribution is 2.29. The molecule has 0 radical (unpaired) electrons. The molecule has 1 atom stereocenters. The molecule has 0 saturated heterocycles. The van der Waals surface area contributed by atoms with E-state index in [2.05, 4.69) is 5.32 Å². The van der Waals surface area contributed by atoms with Gasteiger partial charge in [-0.3, -0.25) is 13.9 Å². The second kappa shape index (κ2) is 12.6. The molecular formula is C26H37N3O5S. The Hall–Kier alpha value is -3.07. The van der Waals surface area contributed by atoms with E-state index in [4.69, 9.17) is 4.74 Å². The molecule has 9 heteroatoms. The molecule has 0 bridgehead atoms. The number of anilines is 1. The van der Waals surface area contributed by atoms with E-state index in [1.54, 1.807) is 31.4 Å². The molecule has 1 unspecified atom stereocenters. The van der Waals surface area contributed by atoms with Crippen LogP contribution in [0.5, 0.6) is 5.75 Å². The van der Waals surface area contributed by atoms with E-state index in [0.717, 1.165) is 21.7 Å². The Balaban J connectivity index is 2.51. The van der Waals surface area contributed by atoms with Crippen LogP contribution in [0.15, 0.2) is 48.5 Å². The van der Waals surface area contributed by atoms with Crippen LogP contribution in [0.3, 0.4) is 0 Å². The Labute approximate surface area is 209 Å². The summed E-state index contributed by atoms with van der Waals surface area (Å²) < 4.78 is 32.1. The van der Waals surface area contributed by atoms with E-state index in [9.17, 15) is 18.0 Å². The average Bonchev–Trinajstić information content (AvgIpc) is 2.81. The van der Waals surface area contributed by atoms with Crippen molar-refractivity contribution in [3.05, 3.63) is 59.7 Å². The molecular weight excluding hydrogens is 466 g/mol. The molecule has 192 valence electrons. The summed E-state index contributed by atoms with van der Waals surface area (Å²) in [6, 6.07) is 13.7. The summed E-state index contributed by atoms with van der Waals surface area (Å²) in [5.41, 5.74) is 2.06. The minimum absolute atomic E-state index is 0.0529. The van der Waals surface area contributed by atoms with Crippen molar-refractivity contribution in [1.82, 2.24) is 10.2 Å². The van der Waals surface area contributed by atoms with Crippen molar-refractivity contribution < 1.29 is 22.7 Å². The van der Waals surface area contributed by atoms with Gasteiger partial charge in [-0.1, -0.05) is 51.1 Å². The highest BCUT2D eigenvalue weighted by molar-refractivity contribution is 7.92. The fourth-order valence-electron chi connectivity index (χ4n) is 3.98. The first-order valence-electron chi connectivity index (χ1n) is 11.8. The van der Waals surface area contributed by atoms with Crippen molar-refractivity contribution in [2.75, 3.05) is 30.8 Å². The van der Waals surface area contributed by atoms with Gasteiger partial charge < -0.3 is 15.0 Å². The van der Waals surface area contributed by atoms with Gasteiger partial charge in [0.15, 0.2) is 0 Å². The Bertz CT molecular complexity index is 1120. The SMILES string of the molecule is CCNC(=O)C(CC)N(Cc1cccc(OC)c1)C(=O)CN(c1ccccc1C(C)C)S(C)(=O)=O. The number of methoxy groups -OCH3 is 1. The second-order valence-electron chi connectivity index (χ2n) is 8.67. The summed E-state index contributed by atoms with van der Waals surface area (Å²) in [4.78, 5) is 28.1. The maximum Gasteiger partial charge on any atom is 0.244 e. The van der Waals surface area contributed by atoms with Crippen LogP contribution < -0.4 is 14.4 Å². The molecule has 2 aromatic rings. The van der Waals surface area contributed by atoms with E-state index in [0.29, 0.717) is 24.4 Å². The van der Waals surface area contributed by atoms with Gasteiger partial charge in [-0.2, -0.15) is 0 Å². The number of nitrogens with zero attached hydrogens (tertiary/aromatic N) is 2. The molecule has 0 saturated carbocycles. The minimum Gasteiger partial charge on any atom is -0.497 e. The van der Waals surface area contributed by atoms with Gasteiger partial charge in [0.1, 0.15) is 18.3 Å². The molecule has 0 heterocycles. The van der Waals surface area contributed by atoms with Gasteiger partial charge in [0.05, 0.1) is 19.1 Å². The third-order valence-corrected chi connectivity index (χ3v) is 6.86. The van der Waals surface area contributed by atoms with Gasteiger partial charge in [0.2, 0.25) is 21.8 Å². The van der Waals surface area contributed by atoms with Gasteiger partial charge in [0, 0.05) is 13.1 Å². The van der Waals surface area contributed by atoms with Gasteiger partial charge in [0.25, 0.3) is 0 Å². The number of para-hydroxylation sites is 1. The van der Waals surface area contributed by atoms with Crippen LogP contribution in [0.25, 0.3) is 0 Å². The van der Waals surface area contributed by atoms with E-state index in [1.165, 1.54) is 4.90 Å². The molecule has 8 nitrogen and oxygen atoms in total. The third-order valence-electron chi connectivity index (χ3n) is 5.73. The summed E-state index contributed by atoms with van der Waals surface area (Å²) >= 11 is 0. The van der Waals surface area contributed by atoms with Crippen LogP contribution in [0.1, 0.15) is 51.2 Å². The highest BCUT2D eigenvalue weighted by atomic mass is 32.2. The Morgan fingerprint density at radius 3 is 2.31 bits per heavy atom. The van der Waals surface area contributed by atoms with Crippen LogP contribution in [0, 0.1) is 0 Å². The van der Waals surface area contributed by atoms with Crippen molar-refractivity contribution in [3.8, 4) is 5.75 Å². The summed E-state index contributed by atoms with van der Waals surface area (Å²) in [6.07, 6.45) is 1.47. The van der Waals surface area contributed by atoms with E-state index >= 15 is 0 Å². The number of benzene rings is 2. The van der Waals surface area contributed by atoms with Gasteiger partial charge in [-0.25, -0.2) is 8.42 Å². The van der Waals surface area contributed by atoms with Crippen LogP contribution in [0.2, 0.25) is 0 Å². The minimum atomic E-state index is -3.78. The van der Waals surface area contributed by atoms with Crippen LogP contribution >= 0.6 is 0 Å². The molecule has 0 aliphatic carbocycles. The van der Waals surface area contributed by atoms with Crippen molar-refractivity contribution in [3.63, 3.8) is 0 Å². The first-order chi connectivity index (χ1) is 16.5. The Kier molecular flexibility index (Phi) is 10.1. The van der Waals surface area contributed by atoms with Crippen LogP contribution in [0.4, 0.5) is 5.69 Å². The first kappa shape index (κ1) is 28.2. The fraction of sp³-hybridized carbons (Fsp3) is 0.462. The number of likely N-dealkylation sites (N-methyl/N-ethyl adjacent to an activating group) is 1. The maximum atomic E-state index is 13.7. The molecule has 0 fully saturated rings. The molecule has 35 heavy (non-hydrogen) atoms. The standard InChI is InChI=1S/C26H37N3O5S/c1-7-23(26(31)27-8-2)28(17-20-12-11-13-21(16-20)34-5)25(30)18-29(35(6,32)33)24-15-10-9-14-22(24)19(3)4/h9-16,19,23H,7-8,17-18H2,1-6H3,(H,27,31). The summed E-state index contributed by atoms with van der Waals surface area (Å²) in [5, 5.41) is 2.79. The van der Waals surface area contributed by atoms with Gasteiger partial charge >= 0.3 is 0 Å².